The van der Waals surface area contributed by atoms with Crippen LogP contribution in [0.4, 0.5) is 0 Å². The number of carbonyl (C=O) groups is 2. The van der Waals surface area contributed by atoms with Gasteiger partial charge in [0, 0.05) is 13.1 Å². The fourth-order valence-electron chi connectivity index (χ4n) is 1.26. The van der Waals surface area contributed by atoms with Gasteiger partial charge in [-0.2, -0.15) is 11.8 Å². The van der Waals surface area contributed by atoms with E-state index < -0.39 is 12.0 Å². The lowest BCUT2D eigenvalue weighted by Crippen LogP contribution is -2.44. The second-order valence-electron chi connectivity index (χ2n) is 3.45. The summed E-state index contributed by atoms with van der Waals surface area (Å²) in [6.45, 7) is 2.55. The van der Waals surface area contributed by atoms with E-state index in [1.54, 1.807) is 11.8 Å². The normalized spacial score (nSPS) is 12.2. The molecule has 0 fully saturated rings. The Morgan fingerprint density at radius 3 is 2.56 bits per heavy atom. The minimum absolute atomic E-state index is 0.0329. The first-order chi connectivity index (χ1) is 7.52. The molecule has 0 rings (SSSR count). The van der Waals surface area contributed by atoms with Crippen molar-refractivity contribution < 1.29 is 14.7 Å². The molecule has 0 aliphatic carbocycles. The van der Waals surface area contributed by atoms with Crippen LogP contribution >= 0.6 is 11.8 Å². The molecule has 0 unspecified atom stereocenters. The maximum atomic E-state index is 11.8. The summed E-state index contributed by atoms with van der Waals surface area (Å²) in [7, 11) is 0. The molecular formula is C10H20N2O3S. The van der Waals surface area contributed by atoms with Gasteiger partial charge in [-0.25, -0.2) is 0 Å². The molecule has 5 nitrogen and oxygen atoms in total. The van der Waals surface area contributed by atoms with Gasteiger partial charge in [0.15, 0.2) is 0 Å². The Kier molecular flexibility index (Phi) is 8.01. The number of hydrogen-bond donors (Lipinski definition) is 2. The Bertz CT molecular complexity index is 236. The molecule has 0 aromatic rings. The van der Waals surface area contributed by atoms with Crippen LogP contribution in [-0.2, 0) is 9.59 Å². The van der Waals surface area contributed by atoms with Gasteiger partial charge in [0.2, 0.25) is 5.91 Å². The van der Waals surface area contributed by atoms with Crippen LogP contribution in [0.3, 0.4) is 0 Å². The Hall–Kier alpha value is -0.750. The molecule has 0 heterocycles. The van der Waals surface area contributed by atoms with E-state index >= 15 is 0 Å². The second kappa shape index (κ2) is 8.41. The molecule has 0 aliphatic heterocycles. The van der Waals surface area contributed by atoms with Crippen LogP contribution in [-0.4, -0.2) is 53.0 Å². The Morgan fingerprint density at radius 1 is 1.50 bits per heavy atom. The molecule has 94 valence electrons. The van der Waals surface area contributed by atoms with E-state index in [1.807, 2.05) is 13.2 Å². The molecule has 0 saturated heterocycles. The lowest BCUT2D eigenvalue weighted by Gasteiger charge is -2.23. The lowest BCUT2D eigenvalue weighted by molar-refractivity contribution is -0.138. The van der Waals surface area contributed by atoms with Crippen LogP contribution in [0.2, 0.25) is 0 Å². The van der Waals surface area contributed by atoms with Gasteiger partial charge in [0.1, 0.15) is 0 Å². The standard InChI is InChI=1S/C10H20N2O3S/c1-3-12(6-4-9(13)14)10(15)8(11)5-7-16-2/h8H,3-7,11H2,1-2H3,(H,13,14)/t8-/m1/s1. The Balaban J connectivity index is 4.12. The molecule has 0 aromatic heterocycles. The maximum Gasteiger partial charge on any atom is 0.305 e. The fraction of sp³-hybridized carbons (Fsp3) is 0.800. The number of rotatable bonds is 8. The molecule has 0 aromatic carbocycles. The van der Waals surface area contributed by atoms with Gasteiger partial charge >= 0.3 is 5.97 Å². The monoisotopic (exact) mass is 248 g/mol. The van der Waals surface area contributed by atoms with Crippen molar-refractivity contribution in [3.8, 4) is 0 Å². The summed E-state index contributed by atoms with van der Waals surface area (Å²) in [6.07, 6.45) is 2.55. The third-order valence-corrected chi connectivity index (χ3v) is 2.88. The SMILES string of the molecule is CCN(CCC(=O)O)C(=O)[C@H](N)CCSC. The van der Waals surface area contributed by atoms with Crippen molar-refractivity contribution in [1.29, 1.82) is 0 Å². The number of nitrogens with zero attached hydrogens (tertiary/aromatic N) is 1. The average molecular weight is 248 g/mol. The van der Waals surface area contributed by atoms with E-state index in [9.17, 15) is 9.59 Å². The minimum Gasteiger partial charge on any atom is -0.481 e. The molecule has 3 N–H and O–H groups in total. The second-order valence-corrected chi connectivity index (χ2v) is 4.44. The van der Waals surface area contributed by atoms with Gasteiger partial charge in [0.05, 0.1) is 12.5 Å². The highest BCUT2D eigenvalue weighted by molar-refractivity contribution is 7.98. The summed E-state index contributed by atoms with van der Waals surface area (Å²) in [5.74, 6) is -0.217. The number of nitrogens with two attached hydrogens (primary N) is 1. The number of aliphatic carboxylic acids is 1. The van der Waals surface area contributed by atoms with E-state index in [4.69, 9.17) is 10.8 Å². The van der Waals surface area contributed by atoms with Crippen molar-refractivity contribution in [1.82, 2.24) is 4.90 Å². The highest BCUT2D eigenvalue weighted by Crippen LogP contribution is 2.03. The van der Waals surface area contributed by atoms with Gasteiger partial charge in [-0.1, -0.05) is 0 Å². The minimum atomic E-state index is -0.899. The molecule has 0 bridgehead atoms. The van der Waals surface area contributed by atoms with Crippen molar-refractivity contribution >= 4 is 23.6 Å². The molecule has 0 radical (unpaired) electrons. The van der Waals surface area contributed by atoms with Crippen LogP contribution in [0.15, 0.2) is 0 Å². The summed E-state index contributed by atoms with van der Waals surface area (Å²) in [5.41, 5.74) is 5.73. The fourth-order valence-corrected chi connectivity index (χ4v) is 1.75. The van der Waals surface area contributed by atoms with Gasteiger partial charge in [-0.15, -0.1) is 0 Å². The van der Waals surface area contributed by atoms with Crippen LogP contribution in [0, 0.1) is 0 Å². The highest BCUT2D eigenvalue weighted by atomic mass is 32.2. The highest BCUT2D eigenvalue weighted by Gasteiger charge is 2.19. The first kappa shape index (κ1) is 15.2. The first-order valence-electron chi connectivity index (χ1n) is 5.28. The zero-order valence-electron chi connectivity index (χ0n) is 9.81. The third kappa shape index (κ3) is 5.97. The van der Waals surface area contributed by atoms with Crippen molar-refractivity contribution in [2.24, 2.45) is 5.73 Å². The number of carboxylic acids is 1. The number of likely N-dealkylation sites (N-methyl/N-ethyl adjacent to an activating group) is 1. The Morgan fingerprint density at radius 2 is 2.12 bits per heavy atom. The first-order valence-corrected chi connectivity index (χ1v) is 6.67. The van der Waals surface area contributed by atoms with Crippen molar-refractivity contribution in [2.45, 2.75) is 25.8 Å². The number of carboxylic acid groups (broad SMARTS) is 1. The average Bonchev–Trinajstić information content (AvgIpc) is 2.25. The molecule has 16 heavy (non-hydrogen) atoms. The van der Waals surface area contributed by atoms with E-state index in [1.165, 1.54) is 4.90 Å². The van der Waals surface area contributed by atoms with Crippen LogP contribution < -0.4 is 5.73 Å². The van der Waals surface area contributed by atoms with Gasteiger partial charge in [0.25, 0.3) is 0 Å². The van der Waals surface area contributed by atoms with E-state index in [0.717, 1.165) is 5.75 Å². The summed E-state index contributed by atoms with van der Waals surface area (Å²) in [4.78, 5) is 23.7. The predicted molar refractivity (Wildman–Crippen MR) is 65.5 cm³/mol. The molecule has 0 aliphatic rings. The molecular weight excluding hydrogens is 228 g/mol. The van der Waals surface area contributed by atoms with Gasteiger partial charge in [-0.3, -0.25) is 9.59 Å². The van der Waals surface area contributed by atoms with E-state index in [2.05, 4.69) is 0 Å². The van der Waals surface area contributed by atoms with Gasteiger partial charge < -0.3 is 15.7 Å². The van der Waals surface area contributed by atoms with E-state index in [0.29, 0.717) is 13.0 Å². The maximum absolute atomic E-state index is 11.8. The summed E-state index contributed by atoms with van der Waals surface area (Å²) >= 11 is 1.64. The smallest absolute Gasteiger partial charge is 0.305 e. The largest absolute Gasteiger partial charge is 0.481 e. The third-order valence-electron chi connectivity index (χ3n) is 2.24. The van der Waals surface area contributed by atoms with Crippen molar-refractivity contribution in [2.75, 3.05) is 25.1 Å². The summed E-state index contributed by atoms with van der Waals surface area (Å²) < 4.78 is 0. The lowest BCUT2D eigenvalue weighted by atomic mass is 10.2. The number of carbonyl (C=O) groups excluding carboxylic acids is 1. The molecule has 6 heteroatoms. The van der Waals surface area contributed by atoms with Crippen LogP contribution in [0.25, 0.3) is 0 Å². The predicted octanol–water partition coefficient (Wildman–Crippen LogP) is 0.390. The zero-order chi connectivity index (χ0) is 12.6. The Labute approximate surface area is 100 Å². The molecule has 0 saturated carbocycles. The topological polar surface area (TPSA) is 83.6 Å². The number of hydrogen-bond acceptors (Lipinski definition) is 4. The van der Waals surface area contributed by atoms with Crippen LogP contribution in [0.1, 0.15) is 19.8 Å². The summed E-state index contributed by atoms with van der Waals surface area (Å²) in [6, 6.07) is -0.513. The summed E-state index contributed by atoms with van der Waals surface area (Å²) in [5, 5.41) is 8.55. The van der Waals surface area contributed by atoms with Crippen molar-refractivity contribution in [3.05, 3.63) is 0 Å². The molecule has 1 amide bonds. The zero-order valence-corrected chi connectivity index (χ0v) is 10.6. The van der Waals surface area contributed by atoms with Gasteiger partial charge in [-0.05, 0) is 25.4 Å². The molecule has 0 spiro atoms. The number of thioether (sulfide) groups is 1. The van der Waals surface area contributed by atoms with Crippen molar-refractivity contribution in [3.63, 3.8) is 0 Å². The van der Waals surface area contributed by atoms with Crippen LogP contribution in [0.5, 0.6) is 0 Å². The quantitative estimate of drug-likeness (QED) is 0.649. The van der Waals surface area contributed by atoms with E-state index in [-0.39, 0.29) is 18.9 Å². The number of amides is 1. The molecule has 1 atom stereocenters.